The summed E-state index contributed by atoms with van der Waals surface area (Å²) in [6.07, 6.45) is 3.14. The molecule has 20 heavy (non-hydrogen) atoms. The second-order valence-electron chi connectivity index (χ2n) is 4.47. The van der Waals surface area contributed by atoms with Crippen LogP contribution in [0.1, 0.15) is 12.5 Å². The molecule has 0 spiro atoms. The number of hydrogen-bond donors (Lipinski definition) is 0. The Kier molecular flexibility index (Phi) is 3.37. The molecule has 0 aliphatic carbocycles. The van der Waals surface area contributed by atoms with Crippen LogP contribution in [-0.4, -0.2) is 20.6 Å². The average molecular weight is 262 g/mol. The molecule has 0 saturated carbocycles. The Labute approximate surface area is 117 Å². The third-order valence-corrected chi connectivity index (χ3v) is 3.08. The Hall–Kier alpha value is -2.75. The molecule has 2 aromatic carbocycles. The summed E-state index contributed by atoms with van der Waals surface area (Å²) in [5, 5.41) is 11.9. The highest BCUT2D eigenvalue weighted by atomic mass is 15.4. The quantitative estimate of drug-likeness (QED) is 0.680. The Bertz CT molecular complexity index is 698. The van der Waals surface area contributed by atoms with Crippen LogP contribution in [0.2, 0.25) is 0 Å². The summed E-state index contributed by atoms with van der Waals surface area (Å²) in [7, 11) is 0. The van der Waals surface area contributed by atoms with Crippen molar-refractivity contribution in [3.8, 4) is 11.1 Å². The van der Waals surface area contributed by atoms with Crippen molar-refractivity contribution in [3.63, 3.8) is 0 Å². The Morgan fingerprint density at radius 3 is 2.10 bits per heavy atom. The predicted molar refractivity (Wildman–Crippen MR) is 79.5 cm³/mol. The third kappa shape index (κ3) is 2.64. The normalized spacial score (nSPS) is 11.6. The van der Waals surface area contributed by atoms with E-state index in [9.17, 15) is 0 Å². The zero-order valence-corrected chi connectivity index (χ0v) is 11.1. The van der Waals surface area contributed by atoms with E-state index in [0.717, 1.165) is 11.3 Å². The second kappa shape index (κ2) is 5.48. The molecule has 98 valence electrons. The molecule has 0 amide bonds. The standard InChI is InChI=1S/C16H14N4/c1-13(19-20-11-17-18-12-20)14-7-9-16(10-8-14)15-5-3-2-4-6-15/h2-12H,1H3. The van der Waals surface area contributed by atoms with Crippen LogP contribution in [0.3, 0.4) is 0 Å². The molecule has 0 N–H and O–H groups in total. The first kappa shape index (κ1) is 12.3. The van der Waals surface area contributed by atoms with Crippen molar-refractivity contribution in [1.82, 2.24) is 14.9 Å². The van der Waals surface area contributed by atoms with Gasteiger partial charge in [0.15, 0.2) is 0 Å². The minimum atomic E-state index is 0.921. The number of nitrogens with zero attached hydrogens (tertiary/aromatic N) is 4. The molecule has 1 aromatic heterocycles. The maximum Gasteiger partial charge on any atom is 0.141 e. The van der Waals surface area contributed by atoms with Crippen LogP contribution in [0, 0.1) is 0 Å². The van der Waals surface area contributed by atoms with Crippen molar-refractivity contribution in [2.75, 3.05) is 0 Å². The van der Waals surface area contributed by atoms with Crippen LogP contribution >= 0.6 is 0 Å². The van der Waals surface area contributed by atoms with Gasteiger partial charge in [0.2, 0.25) is 0 Å². The number of rotatable bonds is 3. The van der Waals surface area contributed by atoms with E-state index in [1.165, 1.54) is 11.1 Å². The lowest BCUT2D eigenvalue weighted by atomic mass is 10.0. The molecule has 0 atom stereocenters. The smallest absolute Gasteiger partial charge is 0.141 e. The molecule has 0 aliphatic rings. The highest BCUT2D eigenvalue weighted by Crippen LogP contribution is 2.19. The van der Waals surface area contributed by atoms with E-state index >= 15 is 0 Å². The molecule has 0 unspecified atom stereocenters. The lowest BCUT2D eigenvalue weighted by Gasteiger charge is -2.04. The predicted octanol–water partition coefficient (Wildman–Crippen LogP) is 3.22. The zero-order valence-electron chi connectivity index (χ0n) is 11.1. The Morgan fingerprint density at radius 1 is 0.850 bits per heavy atom. The number of aromatic nitrogens is 3. The van der Waals surface area contributed by atoms with Crippen molar-refractivity contribution in [2.24, 2.45) is 5.10 Å². The summed E-state index contributed by atoms with van der Waals surface area (Å²) in [6, 6.07) is 18.7. The van der Waals surface area contributed by atoms with Gasteiger partial charge in [-0.15, -0.1) is 10.2 Å². The van der Waals surface area contributed by atoms with Gasteiger partial charge in [-0.05, 0) is 23.6 Å². The summed E-state index contributed by atoms with van der Waals surface area (Å²) in [5.41, 5.74) is 4.42. The van der Waals surface area contributed by atoms with Gasteiger partial charge in [0.25, 0.3) is 0 Å². The van der Waals surface area contributed by atoms with Gasteiger partial charge in [0, 0.05) is 0 Å². The third-order valence-electron chi connectivity index (χ3n) is 3.08. The van der Waals surface area contributed by atoms with E-state index in [4.69, 9.17) is 0 Å². The molecule has 0 radical (unpaired) electrons. The van der Waals surface area contributed by atoms with Crippen molar-refractivity contribution < 1.29 is 0 Å². The van der Waals surface area contributed by atoms with Crippen LogP contribution in [0.15, 0.2) is 72.4 Å². The molecular formula is C16H14N4. The highest BCUT2D eigenvalue weighted by molar-refractivity contribution is 5.98. The van der Waals surface area contributed by atoms with Gasteiger partial charge in [0.1, 0.15) is 12.7 Å². The fourth-order valence-corrected chi connectivity index (χ4v) is 2.01. The van der Waals surface area contributed by atoms with Gasteiger partial charge in [-0.2, -0.15) is 5.10 Å². The summed E-state index contributed by atoms with van der Waals surface area (Å²) >= 11 is 0. The van der Waals surface area contributed by atoms with Crippen LogP contribution < -0.4 is 0 Å². The first-order valence-electron chi connectivity index (χ1n) is 6.39. The van der Waals surface area contributed by atoms with E-state index in [0.29, 0.717) is 0 Å². The number of benzene rings is 2. The van der Waals surface area contributed by atoms with E-state index in [2.05, 4.69) is 51.7 Å². The fraction of sp³-hybridized carbons (Fsp3) is 0.0625. The maximum atomic E-state index is 4.40. The molecule has 0 saturated heterocycles. The first-order valence-corrected chi connectivity index (χ1v) is 6.39. The highest BCUT2D eigenvalue weighted by Gasteiger charge is 2.00. The van der Waals surface area contributed by atoms with Gasteiger partial charge in [-0.25, -0.2) is 4.68 Å². The van der Waals surface area contributed by atoms with Gasteiger partial charge in [-0.1, -0.05) is 54.6 Å². The maximum absolute atomic E-state index is 4.40. The average Bonchev–Trinajstić information content (AvgIpc) is 3.01. The van der Waals surface area contributed by atoms with Gasteiger partial charge in [-0.3, -0.25) is 0 Å². The lowest BCUT2D eigenvalue weighted by Crippen LogP contribution is -1.98. The van der Waals surface area contributed by atoms with Crippen LogP contribution in [0.25, 0.3) is 11.1 Å². The summed E-state index contributed by atoms with van der Waals surface area (Å²) in [6.45, 7) is 1.97. The van der Waals surface area contributed by atoms with E-state index in [-0.39, 0.29) is 0 Å². The van der Waals surface area contributed by atoms with Crippen LogP contribution in [-0.2, 0) is 0 Å². The second-order valence-corrected chi connectivity index (χ2v) is 4.47. The molecule has 4 nitrogen and oxygen atoms in total. The van der Waals surface area contributed by atoms with Crippen LogP contribution in [0.5, 0.6) is 0 Å². The SMILES string of the molecule is CC(=Nn1cnnc1)c1ccc(-c2ccccc2)cc1. The Morgan fingerprint density at radius 2 is 1.45 bits per heavy atom. The van der Waals surface area contributed by atoms with E-state index < -0.39 is 0 Å². The summed E-state index contributed by atoms with van der Waals surface area (Å²) in [4.78, 5) is 0. The Balaban J connectivity index is 1.87. The minimum absolute atomic E-state index is 0.921. The van der Waals surface area contributed by atoms with Gasteiger partial charge in [0.05, 0.1) is 5.71 Å². The van der Waals surface area contributed by atoms with E-state index in [1.54, 1.807) is 17.3 Å². The fourth-order valence-electron chi connectivity index (χ4n) is 2.01. The van der Waals surface area contributed by atoms with Crippen LogP contribution in [0.4, 0.5) is 0 Å². The molecule has 4 heteroatoms. The summed E-state index contributed by atoms with van der Waals surface area (Å²) < 4.78 is 1.60. The molecule has 0 fully saturated rings. The van der Waals surface area contributed by atoms with Crippen molar-refractivity contribution in [3.05, 3.63) is 72.8 Å². The molecule has 0 bridgehead atoms. The van der Waals surface area contributed by atoms with Crippen molar-refractivity contribution >= 4 is 5.71 Å². The molecule has 1 heterocycles. The van der Waals surface area contributed by atoms with Crippen molar-refractivity contribution in [1.29, 1.82) is 0 Å². The molecule has 0 aliphatic heterocycles. The molecule has 3 rings (SSSR count). The number of hydrogen-bond acceptors (Lipinski definition) is 3. The topological polar surface area (TPSA) is 43.1 Å². The minimum Gasteiger partial charge on any atom is -0.207 e. The monoisotopic (exact) mass is 262 g/mol. The van der Waals surface area contributed by atoms with Crippen molar-refractivity contribution in [2.45, 2.75) is 6.92 Å². The van der Waals surface area contributed by atoms with Gasteiger partial charge < -0.3 is 0 Å². The summed E-state index contributed by atoms with van der Waals surface area (Å²) in [5.74, 6) is 0. The van der Waals surface area contributed by atoms with E-state index in [1.807, 2.05) is 25.1 Å². The first-order chi connectivity index (χ1) is 9.83. The largest absolute Gasteiger partial charge is 0.207 e. The lowest BCUT2D eigenvalue weighted by molar-refractivity contribution is 0.871. The zero-order chi connectivity index (χ0) is 13.8. The molecule has 3 aromatic rings. The van der Waals surface area contributed by atoms with Gasteiger partial charge >= 0.3 is 0 Å². The molecular weight excluding hydrogens is 248 g/mol.